The minimum Gasteiger partial charge on any atom is -0.466 e. The zero-order chi connectivity index (χ0) is 18.8. The zero-order valence-electron chi connectivity index (χ0n) is 16.2. The topological polar surface area (TPSA) is 49.9 Å². The van der Waals surface area contributed by atoms with Crippen molar-refractivity contribution in [1.82, 2.24) is 9.80 Å². The van der Waals surface area contributed by atoms with E-state index in [9.17, 15) is 9.59 Å². The highest BCUT2D eigenvalue weighted by molar-refractivity contribution is 5.95. The molecule has 0 bridgehead atoms. The van der Waals surface area contributed by atoms with E-state index >= 15 is 0 Å². The summed E-state index contributed by atoms with van der Waals surface area (Å²) in [6.45, 7) is 8.72. The van der Waals surface area contributed by atoms with E-state index < -0.39 is 0 Å². The Morgan fingerprint density at radius 3 is 2.54 bits per heavy atom. The lowest BCUT2D eigenvalue weighted by atomic mass is 10.1. The third-order valence-corrected chi connectivity index (χ3v) is 4.90. The average Bonchev–Trinajstić information content (AvgIpc) is 3.14. The number of hydrogen-bond donors (Lipinski definition) is 0. The quantitative estimate of drug-likeness (QED) is 0.475. The van der Waals surface area contributed by atoms with Crippen LogP contribution in [-0.4, -0.2) is 61.0 Å². The Labute approximate surface area is 157 Å². The third-order valence-electron chi connectivity index (χ3n) is 4.90. The fourth-order valence-corrected chi connectivity index (χ4v) is 3.40. The monoisotopic (exact) mass is 360 g/mol. The Balaban J connectivity index is 1.90. The smallest absolute Gasteiger partial charge is 0.307 e. The first kappa shape index (κ1) is 20.4. The molecule has 1 heterocycles. The number of carbonyl (C=O) groups excluding carboxylic acids is 2. The van der Waals surface area contributed by atoms with Crippen molar-refractivity contribution in [2.75, 3.05) is 39.3 Å². The molecule has 1 aromatic rings. The summed E-state index contributed by atoms with van der Waals surface area (Å²) in [7, 11) is 0. The van der Waals surface area contributed by atoms with E-state index in [2.05, 4.69) is 4.90 Å². The molecule has 144 valence electrons. The molecule has 0 unspecified atom stereocenters. The highest BCUT2D eigenvalue weighted by Crippen LogP contribution is 2.13. The summed E-state index contributed by atoms with van der Waals surface area (Å²) in [5, 5.41) is 0. The lowest BCUT2D eigenvalue weighted by molar-refractivity contribution is -0.143. The average molecular weight is 360 g/mol. The Bertz CT molecular complexity index is 582. The van der Waals surface area contributed by atoms with E-state index in [1.165, 1.54) is 25.9 Å². The van der Waals surface area contributed by atoms with E-state index in [0.717, 1.165) is 30.5 Å². The number of amides is 1. The second kappa shape index (κ2) is 11.0. The van der Waals surface area contributed by atoms with Crippen molar-refractivity contribution in [2.45, 2.75) is 46.0 Å². The summed E-state index contributed by atoms with van der Waals surface area (Å²) >= 11 is 0. The van der Waals surface area contributed by atoms with Gasteiger partial charge in [0.05, 0.1) is 13.0 Å². The molecule has 1 saturated heterocycles. The molecule has 1 fully saturated rings. The molecule has 2 rings (SSSR count). The molecule has 1 amide bonds. The predicted molar refractivity (Wildman–Crippen MR) is 103 cm³/mol. The van der Waals surface area contributed by atoms with Crippen LogP contribution in [0.15, 0.2) is 24.3 Å². The van der Waals surface area contributed by atoms with Crippen molar-refractivity contribution >= 4 is 11.9 Å². The van der Waals surface area contributed by atoms with Crippen LogP contribution >= 0.6 is 0 Å². The normalized spacial score (nSPS) is 14.4. The Morgan fingerprint density at radius 2 is 1.85 bits per heavy atom. The van der Waals surface area contributed by atoms with Gasteiger partial charge in [0.15, 0.2) is 0 Å². The maximum atomic E-state index is 12.9. The highest BCUT2D eigenvalue weighted by atomic mass is 16.5. The number of hydrogen-bond acceptors (Lipinski definition) is 4. The van der Waals surface area contributed by atoms with Crippen LogP contribution in [0.3, 0.4) is 0 Å². The van der Waals surface area contributed by atoms with Crippen LogP contribution < -0.4 is 0 Å². The van der Waals surface area contributed by atoms with Crippen molar-refractivity contribution in [2.24, 2.45) is 0 Å². The van der Waals surface area contributed by atoms with Crippen LogP contribution in [0.1, 0.15) is 54.9 Å². The van der Waals surface area contributed by atoms with Crippen molar-refractivity contribution in [3.8, 4) is 0 Å². The number of aryl methyl sites for hydroxylation is 1. The van der Waals surface area contributed by atoms with Gasteiger partial charge in [-0.1, -0.05) is 18.2 Å². The maximum absolute atomic E-state index is 12.9. The molecule has 0 spiro atoms. The summed E-state index contributed by atoms with van der Waals surface area (Å²) in [6, 6.07) is 7.63. The lowest BCUT2D eigenvalue weighted by Crippen LogP contribution is -2.35. The van der Waals surface area contributed by atoms with Gasteiger partial charge >= 0.3 is 5.97 Å². The fraction of sp³-hybridized carbons (Fsp3) is 0.619. The standard InChI is InChI=1S/C21H32N2O3/c1-3-26-20(24)12-17-23(16-9-8-15-22-13-6-7-14-22)21(25)19-11-5-4-10-18(19)2/h4-5,10-11H,3,6-9,12-17H2,1-2H3. The van der Waals surface area contributed by atoms with Crippen LogP contribution in [0.25, 0.3) is 0 Å². The van der Waals surface area contributed by atoms with Crippen LogP contribution in [0, 0.1) is 6.92 Å². The minimum atomic E-state index is -0.243. The van der Waals surface area contributed by atoms with Gasteiger partial charge in [-0.15, -0.1) is 0 Å². The summed E-state index contributed by atoms with van der Waals surface area (Å²) in [6.07, 6.45) is 4.89. The van der Waals surface area contributed by atoms with E-state index in [1.54, 1.807) is 6.92 Å². The number of unbranched alkanes of at least 4 members (excludes halogenated alkanes) is 1. The van der Waals surface area contributed by atoms with Gasteiger partial charge < -0.3 is 14.5 Å². The second-order valence-electron chi connectivity index (χ2n) is 6.92. The molecule has 0 aliphatic carbocycles. The Morgan fingerprint density at radius 1 is 1.12 bits per heavy atom. The minimum absolute atomic E-state index is 0.00794. The largest absolute Gasteiger partial charge is 0.466 e. The molecule has 0 aromatic heterocycles. The van der Waals surface area contributed by atoms with E-state index in [1.807, 2.05) is 36.1 Å². The van der Waals surface area contributed by atoms with Gasteiger partial charge in [-0.25, -0.2) is 0 Å². The number of likely N-dealkylation sites (tertiary alicyclic amines) is 1. The van der Waals surface area contributed by atoms with Crippen LogP contribution in [0.5, 0.6) is 0 Å². The molecule has 1 aliphatic heterocycles. The van der Waals surface area contributed by atoms with Gasteiger partial charge in [-0.3, -0.25) is 9.59 Å². The first-order chi connectivity index (χ1) is 12.6. The number of benzene rings is 1. The van der Waals surface area contributed by atoms with Gasteiger partial charge in [0.25, 0.3) is 5.91 Å². The third kappa shape index (κ3) is 6.45. The molecule has 0 N–H and O–H groups in total. The van der Waals surface area contributed by atoms with Crippen LogP contribution in [0.4, 0.5) is 0 Å². The first-order valence-electron chi connectivity index (χ1n) is 9.84. The summed E-state index contributed by atoms with van der Waals surface area (Å²) < 4.78 is 5.01. The zero-order valence-corrected chi connectivity index (χ0v) is 16.2. The number of ether oxygens (including phenoxy) is 1. The van der Waals surface area contributed by atoms with Gasteiger partial charge in [0.2, 0.25) is 0 Å². The SMILES string of the molecule is CCOC(=O)CCN(CCCCN1CCCC1)C(=O)c1ccccc1C. The van der Waals surface area contributed by atoms with E-state index in [0.29, 0.717) is 19.7 Å². The van der Waals surface area contributed by atoms with Crippen LogP contribution in [-0.2, 0) is 9.53 Å². The molecule has 1 aromatic carbocycles. The molecule has 5 nitrogen and oxygen atoms in total. The molecular formula is C21H32N2O3. The molecule has 0 saturated carbocycles. The first-order valence-corrected chi connectivity index (χ1v) is 9.84. The number of nitrogens with zero attached hydrogens (tertiary/aromatic N) is 2. The number of rotatable bonds is 10. The molecule has 0 atom stereocenters. The van der Waals surface area contributed by atoms with Crippen LogP contribution in [0.2, 0.25) is 0 Å². The van der Waals surface area contributed by atoms with E-state index in [4.69, 9.17) is 4.74 Å². The molecule has 1 aliphatic rings. The van der Waals surface area contributed by atoms with Crippen molar-refractivity contribution in [3.05, 3.63) is 35.4 Å². The van der Waals surface area contributed by atoms with Gasteiger partial charge in [-0.2, -0.15) is 0 Å². The fourth-order valence-electron chi connectivity index (χ4n) is 3.40. The second-order valence-corrected chi connectivity index (χ2v) is 6.92. The molecule has 0 radical (unpaired) electrons. The Kier molecular flexibility index (Phi) is 8.62. The maximum Gasteiger partial charge on any atom is 0.307 e. The number of esters is 1. The molecule has 26 heavy (non-hydrogen) atoms. The van der Waals surface area contributed by atoms with Crippen molar-refractivity contribution in [3.63, 3.8) is 0 Å². The predicted octanol–water partition coefficient (Wildman–Crippen LogP) is 3.27. The van der Waals surface area contributed by atoms with Gasteiger partial charge in [-0.05, 0) is 70.8 Å². The van der Waals surface area contributed by atoms with Gasteiger partial charge in [0.1, 0.15) is 0 Å². The summed E-state index contributed by atoms with van der Waals surface area (Å²) in [5.41, 5.74) is 1.69. The highest BCUT2D eigenvalue weighted by Gasteiger charge is 2.19. The molecular weight excluding hydrogens is 328 g/mol. The van der Waals surface area contributed by atoms with E-state index in [-0.39, 0.29) is 18.3 Å². The molecule has 5 heteroatoms. The summed E-state index contributed by atoms with van der Waals surface area (Å²) in [4.78, 5) is 29.0. The number of carbonyl (C=O) groups is 2. The van der Waals surface area contributed by atoms with Crippen molar-refractivity contribution in [1.29, 1.82) is 0 Å². The summed E-state index contributed by atoms with van der Waals surface area (Å²) in [5.74, 6) is -0.235. The lowest BCUT2D eigenvalue weighted by Gasteiger charge is -2.24. The Hall–Kier alpha value is -1.88. The van der Waals surface area contributed by atoms with Crippen molar-refractivity contribution < 1.29 is 14.3 Å². The van der Waals surface area contributed by atoms with Gasteiger partial charge in [0, 0.05) is 18.7 Å².